The molecule has 0 saturated carbocycles. The average Bonchev–Trinajstić information content (AvgIpc) is 3.48. The van der Waals surface area contributed by atoms with Crippen LogP contribution in [-0.2, 0) is 9.53 Å². The second-order valence-corrected chi connectivity index (χ2v) is 10.7. The molecule has 7 nitrogen and oxygen atoms in total. The van der Waals surface area contributed by atoms with Crippen molar-refractivity contribution in [1.82, 2.24) is 4.57 Å². The van der Waals surface area contributed by atoms with Crippen LogP contribution < -0.4 is 19.6 Å². The van der Waals surface area contributed by atoms with E-state index in [9.17, 15) is 9.59 Å². The largest absolute Gasteiger partial charge is 0.494 e. The van der Waals surface area contributed by atoms with Gasteiger partial charge in [-0.25, -0.2) is 9.79 Å². The molecule has 0 fully saturated rings. The van der Waals surface area contributed by atoms with Crippen LogP contribution in [0.1, 0.15) is 45.1 Å². The lowest BCUT2D eigenvalue weighted by molar-refractivity contribution is -0.143. The van der Waals surface area contributed by atoms with Crippen LogP contribution in [0.5, 0.6) is 5.75 Å². The molecule has 200 valence electrons. The number of aromatic nitrogens is 1. The molecule has 2 aromatic heterocycles. The van der Waals surface area contributed by atoms with Crippen molar-refractivity contribution in [3.8, 4) is 17.1 Å². The van der Waals surface area contributed by atoms with Crippen LogP contribution in [0.3, 0.4) is 0 Å². The van der Waals surface area contributed by atoms with Crippen molar-refractivity contribution in [2.75, 3.05) is 6.61 Å². The van der Waals surface area contributed by atoms with Crippen LogP contribution in [0.2, 0.25) is 5.02 Å². The Kier molecular flexibility index (Phi) is 7.59. The lowest BCUT2D eigenvalue weighted by Gasteiger charge is -2.25. The van der Waals surface area contributed by atoms with Gasteiger partial charge in [-0.15, -0.1) is 0 Å². The molecule has 0 amide bonds. The highest BCUT2D eigenvalue weighted by Crippen LogP contribution is 2.32. The van der Waals surface area contributed by atoms with Gasteiger partial charge in [-0.2, -0.15) is 0 Å². The van der Waals surface area contributed by atoms with Crippen molar-refractivity contribution in [3.05, 3.63) is 108 Å². The number of fused-ring (bicyclic) bond motifs is 1. The number of benzene rings is 2. The number of hydrogen-bond donors (Lipinski definition) is 0. The van der Waals surface area contributed by atoms with Gasteiger partial charge in [0.1, 0.15) is 17.3 Å². The Morgan fingerprint density at radius 2 is 1.95 bits per heavy atom. The summed E-state index contributed by atoms with van der Waals surface area (Å²) in [4.78, 5) is 32.2. The fourth-order valence-corrected chi connectivity index (χ4v) is 5.66. The molecule has 9 heteroatoms. The lowest BCUT2D eigenvalue weighted by Crippen LogP contribution is -2.40. The molecule has 0 N–H and O–H groups in total. The maximum atomic E-state index is 13.8. The van der Waals surface area contributed by atoms with Gasteiger partial charge in [0.25, 0.3) is 5.56 Å². The minimum Gasteiger partial charge on any atom is -0.494 e. The van der Waals surface area contributed by atoms with Crippen LogP contribution in [0.4, 0.5) is 0 Å². The smallest absolute Gasteiger partial charge is 0.338 e. The summed E-state index contributed by atoms with van der Waals surface area (Å²) in [6.45, 7) is 7.78. The molecule has 0 unspecified atom stereocenters. The molecule has 0 saturated heterocycles. The topological polar surface area (TPSA) is 83.0 Å². The van der Waals surface area contributed by atoms with Gasteiger partial charge in [-0.1, -0.05) is 47.2 Å². The van der Waals surface area contributed by atoms with Crippen LogP contribution in [-0.4, -0.2) is 23.2 Å². The summed E-state index contributed by atoms with van der Waals surface area (Å²) in [6, 6.07) is 17.7. The Labute approximate surface area is 234 Å². The Hall–Kier alpha value is -3.88. The first-order chi connectivity index (χ1) is 18.7. The van der Waals surface area contributed by atoms with E-state index in [1.165, 1.54) is 11.3 Å². The van der Waals surface area contributed by atoms with E-state index in [0.717, 1.165) is 11.1 Å². The van der Waals surface area contributed by atoms with Gasteiger partial charge >= 0.3 is 5.97 Å². The molecule has 5 rings (SSSR count). The molecule has 0 spiro atoms. The Balaban J connectivity index is 1.62. The van der Waals surface area contributed by atoms with Crippen molar-refractivity contribution in [2.45, 2.75) is 39.8 Å². The predicted octanol–water partition coefficient (Wildman–Crippen LogP) is 5.50. The van der Waals surface area contributed by atoms with Crippen molar-refractivity contribution >= 4 is 35.0 Å². The van der Waals surface area contributed by atoms with Gasteiger partial charge in [-0.3, -0.25) is 9.36 Å². The van der Waals surface area contributed by atoms with Gasteiger partial charge < -0.3 is 13.9 Å². The standard InChI is InChI=1S/C30H27ClN2O5S/c1-5-36-22-11-9-19(10-12-22)27-26(29(35)37-17(2)3)18(4)32-30-33(27)28(34)25(39-30)16-23-13-14-24(38-23)20-7-6-8-21(31)15-20/h6-17,27H,5H2,1-4H3/b25-16+/t27-/m0/s1. The fraction of sp³-hybridized carbons (Fsp3) is 0.233. The minimum atomic E-state index is -0.705. The van der Waals surface area contributed by atoms with Crippen LogP contribution >= 0.6 is 22.9 Å². The summed E-state index contributed by atoms with van der Waals surface area (Å²) < 4.78 is 19.1. The van der Waals surface area contributed by atoms with E-state index in [1.807, 2.05) is 55.5 Å². The zero-order chi connectivity index (χ0) is 27.7. The third-order valence-electron chi connectivity index (χ3n) is 6.10. The number of furan rings is 1. The number of carbonyl (C=O) groups excluding carboxylic acids is 1. The summed E-state index contributed by atoms with van der Waals surface area (Å²) in [6.07, 6.45) is 1.37. The molecule has 2 aromatic carbocycles. The molecule has 0 radical (unpaired) electrons. The molecular formula is C30H27ClN2O5S. The van der Waals surface area contributed by atoms with Crippen LogP contribution in [0.25, 0.3) is 17.4 Å². The normalized spacial score (nSPS) is 15.3. The predicted molar refractivity (Wildman–Crippen MR) is 152 cm³/mol. The number of allylic oxidation sites excluding steroid dienone is 1. The third-order valence-corrected chi connectivity index (χ3v) is 7.32. The van der Waals surface area contributed by atoms with Crippen molar-refractivity contribution in [3.63, 3.8) is 0 Å². The van der Waals surface area contributed by atoms with E-state index < -0.39 is 12.0 Å². The van der Waals surface area contributed by atoms with Gasteiger partial charge in [0.05, 0.1) is 34.6 Å². The SMILES string of the molecule is CCOc1ccc([C@H]2C(C(=O)OC(C)C)=C(C)N=c3s/c(=C/c4ccc(-c5cccc(Cl)c5)o4)c(=O)n32)cc1. The summed E-state index contributed by atoms with van der Waals surface area (Å²) in [5.74, 6) is 1.35. The molecule has 1 aliphatic rings. The number of hydrogen-bond acceptors (Lipinski definition) is 7. The van der Waals surface area contributed by atoms with Crippen LogP contribution in [0.15, 0.2) is 86.1 Å². The highest BCUT2D eigenvalue weighted by atomic mass is 35.5. The summed E-state index contributed by atoms with van der Waals surface area (Å²) in [7, 11) is 0. The van der Waals surface area contributed by atoms with Gasteiger partial charge in [0.2, 0.25) is 0 Å². The van der Waals surface area contributed by atoms with Crippen molar-refractivity contribution < 1.29 is 18.7 Å². The molecule has 3 heterocycles. The number of nitrogens with zero attached hydrogens (tertiary/aromatic N) is 2. The zero-order valence-corrected chi connectivity index (χ0v) is 23.5. The van der Waals surface area contributed by atoms with E-state index in [2.05, 4.69) is 4.99 Å². The first-order valence-corrected chi connectivity index (χ1v) is 13.8. The second kappa shape index (κ2) is 11.1. The number of thiazole rings is 1. The first kappa shape index (κ1) is 26.7. The van der Waals surface area contributed by atoms with E-state index in [4.69, 9.17) is 25.5 Å². The highest BCUT2D eigenvalue weighted by Gasteiger charge is 2.33. The minimum absolute atomic E-state index is 0.277. The highest BCUT2D eigenvalue weighted by molar-refractivity contribution is 7.07. The summed E-state index contributed by atoms with van der Waals surface area (Å²) >= 11 is 7.37. The molecule has 39 heavy (non-hydrogen) atoms. The van der Waals surface area contributed by atoms with Gasteiger partial charge in [0.15, 0.2) is 4.80 Å². The Bertz CT molecular complexity index is 1740. The Morgan fingerprint density at radius 1 is 1.18 bits per heavy atom. The average molecular weight is 563 g/mol. The number of esters is 1. The van der Waals surface area contributed by atoms with E-state index in [1.54, 1.807) is 43.5 Å². The molecule has 4 aromatic rings. The van der Waals surface area contributed by atoms with Gasteiger partial charge in [-0.05, 0) is 69.7 Å². The first-order valence-electron chi connectivity index (χ1n) is 12.6. The molecular weight excluding hydrogens is 536 g/mol. The molecule has 1 aliphatic heterocycles. The van der Waals surface area contributed by atoms with Crippen molar-refractivity contribution in [2.24, 2.45) is 4.99 Å². The van der Waals surface area contributed by atoms with E-state index in [0.29, 0.717) is 49.5 Å². The monoisotopic (exact) mass is 562 g/mol. The lowest BCUT2D eigenvalue weighted by atomic mass is 9.96. The molecule has 0 bridgehead atoms. The zero-order valence-electron chi connectivity index (χ0n) is 21.9. The molecule has 1 atom stereocenters. The maximum Gasteiger partial charge on any atom is 0.338 e. The number of carbonyl (C=O) groups is 1. The number of rotatable bonds is 7. The third kappa shape index (κ3) is 5.48. The van der Waals surface area contributed by atoms with Crippen molar-refractivity contribution in [1.29, 1.82) is 0 Å². The quantitative estimate of drug-likeness (QED) is 0.278. The number of ether oxygens (including phenoxy) is 2. The molecule has 0 aliphatic carbocycles. The number of halogens is 1. The summed E-state index contributed by atoms with van der Waals surface area (Å²) in [5, 5.41) is 0.607. The maximum absolute atomic E-state index is 13.8. The second-order valence-electron chi connectivity index (χ2n) is 9.25. The van der Waals surface area contributed by atoms with E-state index in [-0.39, 0.29) is 11.7 Å². The van der Waals surface area contributed by atoms with E-state index >= 15 is 0 Å². The fourth-order valence-electron chi connectivity index (χ4n) is 4.45. The van der Waals surface area contributed by atoms with Gasteiger partial charge in [0, 0.05) is 16.7 Å². The summed E-state index contributed by atoms with van der Waals surface area (Å²) in [5.41, 5.74) is 2.14. The van der Waals surface area contributed by atoms with Crippen LogP contribution in [0, 0.1) is 0 Å². The Morgan fingerprint density at radius 3 is 2.64 bits per heavy atom.